The number of rotatable bonds is 4. The molecule has 5 heteroatoms. The monoisotopic (exact) mass is 337 g/mol. The molecule has 0 aliphatic heterocycles. The van der Waals surface area contributed by atoms with E-state index in [1.807, 2.05) is 6.07 Å². The Labute approximate surface area is 144 Å². The Balaban J connectivity index is 2.05. The molecule has 0 fully saturated rings. The molecule has 0 saturated heterocycles. The van der Waals surface area contributed by atoms with Gasteiger partial charge >= 0.3 is 5.97 Å². The Morgan fingerprint density at radius 1 is 1.00 bits per heavy atom. The summed E-state index contributed by atoms with van der Waals surface area (Å²) >= 11 is 0. The number of anilines is 2. The Morgan fingerprint density at radius 2 is 1.72 bits per heavy atom. The number of carbonyl (C=O) groups excluding carboxylic acids is 1. The molecule has 3 rings (SSSR count). The zero-order valence-corrected chi connectivity index (χ0v) is 13.5. The maximum absolute atomic E-state index is 13.2. The summed E-state index contributed by atoms with van der Waals surface area (Å²) in [6.07, 6.45) is 0. The number of esters is 1. The van der Waals surface area contributed by atoms with Crippen LogP contribution in [0.3, 0.4) is 0 Å². The summed E-state index contributed by atoms with van der Waals surface area (Å²) in [6.45, 7) is 0. The smallest absolute Gasteiger partial charge is 0.337 e. The number of phenolic OH excluding ortho intramolecular Hbond substituents is 1. The Hall–Kier alpha value is -3.34. The average Bonchev–Trinajstić information content (AvgIpc) is 2.63. The molecule has 0 atom stereocenters. The van der Waals surface area contributed by atoms with Crippen LogP contribution < -0.4 is 5.32 Å². The molecule has 0 heterocycles. The van der Waals surface area contributed by atoms with E-state index in [2.05, 4.69) is 5.32 Å². The lowest BCUT2D eigenvalue weighted by molar-refractivity contribution is 0.0601. The van der Waals surface area contributed by atoms with Gasteiger partial charge in [0.1, 0.15) is 11.6 Å². The zero-order valence-electron chi connectivity index (χ0n) is 13.5. The van der Waals surface area contributed by atoms with Gasteiger partial charge in [0.2, 0.25) is 0 Å². The first-order valence-corrected chi connectivity index (χ1v) is 7.61. The van der Waals surface area contributed by atoms with E-state index in [0.29, 0.717) is 16.9 Å². The quantitative estimate of drug-likeness (QED) is 0.534. The molecular formula is C20H16FNO3. The van der Waals surface area contributed by atoms with Crippen LogP contribution in [0.2, 0.25) is 0 Å². The van der Waals surface area contributed by atoms with Crippen molar-refractivity contribution in [3.05, 3.63) is 78.1 Å². The van der Waals surface area contributed by atoms with Gasteiger partial charge in [-0.05, 0) is 53.6 Å². The third kappa shape index (κ3) is 3.77. The fourth-order valence-corrected chi connectivity index (χ4v) is 2.48. The molecule has 3 aromatic carbocycles. The summed E-state index contributed by atoms with van der Waals surface area (Å²) < 4.78 is 18.0. The number of methoxy groups -OCH3 is 1. The Bertz CT molecular complexity index is 907. The minimum absolute atomic E-state index is 0.0919. The second-order valence-corrected chi connectivity index (χ2v) is 5.44. The standard InChI is InChI=1S/C20H16FNO3/c1-25-20(24)15-10-14(13-6-8-16(21)9-7-13)11-17(12-15)22-18-4-2-3-5-19(18)23/h2-12,22-23H,1H3. The van der Waals surface area contributed by atoms with Crippen LogP contribution in [0, 0.1) is 5.82 Å². The molecule has 25 heavy (non-hydrogen) atoms. The van der Waals surface area contributed by atoms with Crippen molar-refractivity contribution in [2.75, 3.05) is 12.4 Å². The van der Waals surface area contributed by atoms with Crippen molar-refractivity contribution in [3.8, 4) is 16.9 Å². The van der Waals surface area contributed by atoms with E-state index in [0.717, 1.165) is 11.1 Å². The summed E-state index contributed by atoms with van der Waals surface area (Å²) in [5.74, 6) is -0.723. The molecule has 126 valence electrons. The molecule has 0 saturated carbocycles. The zero-order chi connectivity index (χ0) is 17.8. The van der Waals surface area contributed by atoms with E-state index < -0.39 is 5.97 Å². The fourth-order valence-electron chi connectivity index (χ4n) is 2.48. The summed E-state index contributed by atoms with van der Waals surface area (Å²) in [6, 6.07) is 17.9. The van der Waals surface area contributed by atoms with E-state index in [1.54, 1.807) is 48.5 Å². The van der Waals surface area contributed by atoms with Crippen molar-refractivity contribution >= 4 is 17.3 Å². The maximum atomic E-state index is 13.2. The van der Waals surface area contributed by atoms with Crippen LogP contribution in [0.5, 0.6) is 5.75 Å². The van der Waals surface area contributed by atoms with Crippen LogP contribution in [-0.2, 0) is 4.74 Å². The van der Waals surface area contributed by atoms with Crippen LogP contribution in [0.4, 0.5) is 15.8 Å². The first-order chi connectivity index (χ1) is 12.1. The number of benzene rings is 3. The van der Waals surface area contributed by atoms with Crippen molar-refractivity contribution in [2.24, 2.45) is 0 Å². The fraction of sp³-hybridized carbons (Fsp3) is 0.0500. The number of halogens is 1. The number of phenols is 1. The van der Waals surface area contributed by atoms with E-state index in [9.17, 15) is 14.3 Å². The van der Waals surface area contributed by atoms with Crippen molar-refractivity contribution in [2.45, 2.75) is 0 Å². The highest BCUT2D eigenvalue weighted by Gasteiger charge is 2.11. The summed E-state index contributed by atoms with van der Waals surface area (Å²) in [5.41, 5.74) is 2.94. The van der Waals surface area contributed by atoms with Gasteiger partial charge < -0.3 is 15.2 Å². The molecule has 0 bridgehead atoms. The van der Waals surface area contributed by atoms with Gasteiger partial charge in [-0.2, -0.15) is 0 Å². The van der Waals surface area contributed by atoms with Crippen molar-refractivity contribution < 1.29 is 19.0 Å². The third-order valence-corrected chi connectivity index (χ3v) is 3.71. The lowest BCUT2D eigenvalue weighted by Crippen LogP contribution is -2.03. The average molecular weight is 337 g/mol. The largest absolute Gasteiger partial charge is 0.506 e. The highest BCUT2D eigenvalue weighted by Crippen LogP contribution is 2.30. The molecule has 0 amide bonds. The van der Waals surface area contributed by atoms with Crippen LogP contribution in [-0.4, -0.2) is 18.2 Å². The predicted molar refractivity (Wildman–Crippen MR) is 94.6 cm³/mol. The number of nitrogens with one attached hydrogen (secondary N) is 1. The van der Waals surface area contributed by atoms with Crippen LogP contribution in [0.1, 0.15) is 10.4 Å². The van der Waals surface area contributed by atoms with Gasteiger partial charge in [-0.25, -0.2) is 9.18 Å². The highest BCUT2D eigenvalue weighted by molar-refractivity contribution is 5.93. The van der Waals surface area contributed by atoms with Crippen LogP contribution >= 0.6 is 0 Å². The Kier molecular flexibility index (Phi) is 4.66. The minimum Gasteiger partial charge on any atom is -0.506 e. The number of carbonyl (C=O) groups is 1. The second kappa shape index (κ2) is 7.05. The topological polar surface area (TPSA) is 58.6 Å². The SMILES string of the molecule is COC(=O)c1cc(Nc2ccccc2O)cc(-c2ccc(F)cc2)c1. The number of para-hydroxylation sites is 2. The molecule has 0 spiro atoms. The van der Waals surface area contributed by atoms with Crippen molar-refractivity contribution in [1.82, 2.24) is 0 Å². The van der Waals surface area contributed by atoms with Crippen LogP contribution in [0.15, 0.2) is 66.7 Å². The third-order valence-electron chi connectivity index (χ3n) is 3.71. The van der Waals surface area contributed by atoms with Crippen molar-refractivity contribution in [3.63, 3.8) is 0 Å². The lowest BCUT2D eigenvalue weighted by Gasteiger charge is -2.12. The Morgan fingerprint density at radius 3 is 2.40 bits per heavy atom. The second-order valence-electron chi connectivity index (χ2n) is 5.44. The summed E-state index contributed by atoms with van der Waals surface area (Å²) in [7, 11) is 1.31. The molecule has 3 aromatic rings. The predicted octanol–water partition coefficient (Wildman–Crippen LogP) is 4.73. The molecule has 0 aromatic heterocycles. The van der Waals surface area contributed by atoms with Gasteiger partial charge in [-0.15, -0.1) is 0 Å². The number of ether oxygens (including phenoxy) is 1. The van der Waals surface area contributed by atoms with E-state index in [1.165, 1.54) is 19.2 Å². The molecule has 0 radical (unpaired) electrons. The number of aromatic hydroxyl groups is 1. The maximum Gasteiger partial charge on any atom is 0.337 e. The molecule has 0 aliphatic rings. The number of hydrogen-bond acceptors (Lipinski definition) is 4. The normalized spacial score (nSPS) is 10.3. The summed E-state index contributed by atoms with van der Waals surface area (Å²) in [4.78, 5) is 12.0. The molecule has 0 aliphatic carbocycles. The van der Waals surface area contributed by atoms with Crippen molar-refractivity contribution in [1.29, 1.82) is 0 Å². The molecule has 0 unspecified atom stereocenters. The van der Waals surface area contributed by atoms with E-state index in [-0.39, 0.29) is 11.6 Å². The van der Waals surface area contributed by atoms with E-state index in [4.69, 9.17) is 4.74 Å². The first-order valence-electron chi connectivity index (χ1n) is 7.61. The number of hydrogen-bond donors (Lipinski definition) is 2. The molecule has 2 N–H and O–H groups in total. The highest BCUT2D eigenvalue weighted by atomic mass is 19.1. The van der Waals surface area contributed by atoms with Gasteiger partial charge in [0.05, 0.1) is 18.4 Å². The van der Waals surface area contributed by atoms with Gasteiger partial charge in [0.15, 0.2) is 0 Å². The van der Waals surface area contributed by atoms with Gasteiger partial charge in [0.25, 0.3) is 0 Å². The van der Waals surface area contributed by atoms with Gasteiger partial charge in [-0.1, -0.05) is 24.3 Å². The van der Waals surface area contributed by atoms with Crippen LogP contribution in [0.25, 0.3) is 11.1 Å². The lowest BCUT2D eigenvalue weighted by atomic mass is 10.0. The molecule has 4 nitrogen and oxygen atoms in total. The minimum atomic E-state index is -0.482. The summed E-state index contributed by atoms with van der Waals surface area (Å²) in [5, 5.41) is 13.0. The molecular weight excluding hydrogens is 321 g/mol. The first kappa shape index (κ1) is 16.5. The van der Waals surface area contributed by atoms with Gasteiger partial charge in [-0.3, -0.25) is 0 Å². The van der Waals surface area contributed by atoms with Gasteiger partial charge in [0, 0.05) is 5.69 Å². The van der Waals surface area contributed by atoms with E-state index >= 15 is 0 Å².